The second kappa shape index (κ2) is 10.0. The van der Waals surface area contributed by atoms with Crippen LogP contribution in [0, 0.1) is 0 Å². The first-order chi connectivity index (χ1) is 10.1. The van der Waals surface area contributed by atoms with Crippen molar-refractivity contribution in [2.24, 2.45) is 0 Å². The average molecular weight is 351 g/mol. The van der Waals surface area contributed by atoms with E-state index in [-0.39, 0.29) is 37.3 Å². The number of nitrogens with one attached hydrogen (secondary N) is 1. The quantitative estimate of drug-likeness (QED) is 0.856. The van der Waals surface area contributed by atoms with E-state index >= 15 is 0 Å². The standard InChI is InChI=1S/C15H20F2N2OS.ClH/c16-14(17)10-19(9-12-4-2-1-3-5-12)15(20)8-13-11-21-7-6-18-13;/h1-5,13-14,18H,6-11H2;1H. The van der Waals surface area contributed by atoms with Crippen LogP contribution in [-0.4, -0.2) is 47.9 Å². The van der Waals surface area contributed by atoms with E-state index < -0.39 is 13.0 Å². The van der Waals surface area contributed by atoms with Gasteiger partial charge in [-0.2, -0.15) is 11.8 Å². The van der Waals surface area contributed by atoms with Gasteiger partial charge in [0.05, 0.1) is 6.54 Å². The lowest BCUT2D eigenvalue weighted by Crippen LogP contribution is -2.43. The van der Waals surface area contributed by atoms with E-state index in [1.165, 1.54) is 4.90 Å². The number of hydrogen-bond acceptors (Lipinski definition) is 3. The van der Waals surface area contributed by atoms with Crippen LogP contribution >= 0.6 is 24.2 Å². The van der Waals surface area contributed by atoms with Crippen LogP contribution in [0.4, 0.5) is 8.78 Å². The van der Waals surface area contributed by atoms with Crippen LogP contribution in [0.3, 0.4) is 0 Å². The van der Waals surface area contributed by atoms with Gasteiger partial charge in [0, 0.05) is 37.1 Å². The molecule has 1 heterocycles. The number of carbonyl (C=O) groups is 1. The molecule has 1 saturated heterocycles. The molecule has 1 fully saturated rings. The van der Waals surface area contributed by atoms with Crippen molar-refractivity contribution >= 4 is 30.1 Å². The fourth-order valence-corrected chi connectivity index (χ4v) is 3.26. The lowest BCUT2D eigenvalue weighted by Gasteiger charge is -2.27. The molecule has 1 aromatic carbocycles. The summed E-state index contributed by atoms with van der Waals surface area (Å²) in [6.07, 6.45) is -2.22. The predicted octanol–water partition coefficient (Wildman–Crippen LogP) is 2.80. The normalized spacial score (nSPS) is 17.9. The van der Waals surface area contributed by atoms with E-state index in [4.69, 9.17) is 0 Å². The Morgan fingerprint density at radius 1 is 1.36 bits per heavy atom. The number of nitrogens with zero attached hydrogens (tertiary/aromatic N) is 1. The number of carbonyl (C=O) groups excluding carboxylic acids is 1. The number of thioether (sulfide) groups is 1. The molecule has 0 aromatic heterocycles. The Kier molecular flexibility index (Phi) is 8.75. The second-order valence-corrected chi connectivity index (χ2v) is 6.23. The first-order valence-electron chi connectivity index (χ1n) is 7.06. The Balaban J connectivity index is 0.00000242. The number of rotatable bonds is 6. The van der Waals surface area contributed by atoms with Gasteiger partial charge in [-0.1, -0.05) is 30.3 Å². The lowest BCUT2D eigenvalue weighted by atomic mass is 10.1. The van der Waals surface area contributed by atoms with E-state index in [1.54, 1.807) is 11.8 Å². The highest BCUT2D eigenvalue weighted by Gasteiger charge is 2.23. The molecular weight excluding hydrogens is 330 g/mol. The first kappa shape index (κ1) is 19.2. The molecule has 2 rings (SSSR count). The molecule has 0 spiro atoms. The highest BCUT2D eigenvalue weighted by molar-refractivity contribution is 7.99. The monoisotopic (exact) mass is 350 g/mol. The van der Waals surface area contributed by atoms with Gasteiger partial charge in [-0.3, -0.25) is 4.79 Å². The molecule has 0 radical (unpaired) electrons. The highest BCUT2D eigenvalue weighted by Crippen LogP contribution is 2.14. The Morgan fingerprint density at radius 3 is 2.68 bits per heavy atom. The molecule has 124 valence electrons. The van der Waals surface area contributed by atoms with Gasteiger partial charge in [-0.05, 0) is 5.56 Å². The number of halogens is 3. The van der Waals surface area contributed by atoms with Crippen molar-refractivity contribution in [2.45, 2.75) is 25.4 Å². The Hall–Kier alpha value is -0.850. The Labute approximate surface area is 140 Å². The molecule has 22 heavy (non-hydrogen) atoms. The van der Waals surface area contributed by atoms with Crippen molar-refractivity contribution in [3.05, 3.63) is 35.9 Å². The van der Waals surface area contributed by atoms with Gasteiger partial charge >= 0.3 is 0 Å². The maximum Gasteiger partial charge on any atom is 0.255 e. The SMILES string of the molecule is Cl.O=C(CC1CSCCN1)N(Cc1ccccc1)CC(F)F. The van der Waals surface area contributed by atoms with Crippen molar-refractivity contribution in [2.75, 3.05) is 24.6 Å². The first-order valence-corrected chi connectivity index (χ1v) is 8.21. The van der Waals surface area contributed by atoms with Crippen molar-refractivity contribution in [3.63, 3.8) is 0 Å². The minimum absolute atomic E-state index is 0. The molecule has 3 nitrogen and oxygen atoms in total. The van der Waals surface area contributed by atoms with Gasteiger partial charge in [-0.15, -0.1) is 12.4 Å². The molecule has 1 amide bonds. The third-order valence-corrected chi connectivity index (χ3v) is 4.48. The molecule has 1 aliphatic rings. The van der Waals surface area contributed by atoms with E-state index in [0.717, 1.165) is 23.6 Å². The van der Waals surface area contributed by atoms with Crippen molar-refractivity contribution in [3.8, 4) is 0 Å². The van der Waals surface area contributed by atoms with Gasteiger partial charge in [0.15, 0.2) is 0 Å². The summed E-state index contributed by atoms with van der Waals surface area (Å²) in [4.78, 5) is 13.6. The number of hydrogen-bond donors (Lipinski definition) is 1. The molecule has 0 saturated carbocycles. The zero-order valence-electron chi connectivity index (χ0n) is 12.2. The van der Waals surface area contributed by atoms with Gasteiger partial charge in [0.1, 0.15) is 0 Å². The summed E-state index contributed by atoms with van der Waals surface area (Å²) in [6.45, 7) is 0.605. The van der Waals surface area contributed by atoms with Crippen LogP contribution < -0.4 is 5.32 Å². The van der Waals surface area contributed by atoms with Crippen LogP contribution in [0.2, 0.25) is 0 Å². The molecular formula is C15H21ClF2N2OS. The van der Waals surface area contributed by atoms with Gasteiger partial charge in [-0.25, -0.2) is 8.78 Å². The van der Waals surface area contributed by atoms with Crippen LogP contribution in [0.5, 0.6) is 0 Å². The summed E-state index contributed by atoms with van der Waals surface area (Å²) >= 11 is 1.79. The van der Waals surface area contributed by atoms with E-state index in [1.807, 2.05) is 30.3 Å². The highest BCUT2D eigenvalue weighted by atomic mass is 35.5. The van der Waals surface area contributed by atoms with E-state index in [2.05, 4.69) is 5.32 Å². The average Bonchev–Trinajstić information content (AvgIpc) is 2.48. The van der Waals surface area contributed by atoms with Crippen LogP contribution in [-0.2, 0) is 11.3 Å². The van der Waals surface area contributed by atoms with Gasteiger partial charge in [0.25, 0.3) is 6.43 Å². The molecule has 1 aliphatic heterocycles. The maximum atomic E-state index is 12.7. The second-order valence-electron chi connectivity index (χ2n) is 5.08. The minimum atomic E-state index is -2.51. The number of alkyl halides is 2. The Morgan fingerprint density at radius 2 is 2.09 bits per heavy atom. The summed E-state index contributed by atoms with van der Waals surface area (Å²) in [5, 5.41) is 3.27. The minimum Gasteiger partial charge on any atom is -0.333 e. The summed E-state index contributed by atoms with van der Waals surface area (Å²) in [6, 6.07) is 9.35. The van der Waals surface area contributed by atoms with Crippen LogP contribution in [0.1, 0.15) is 12.0 Å². The van der Waals surface area contributed by atoms with Crippen LogP contribution in [0.25, 0.3) is 0 Å². The molecule has 1 atom stereocenters. The summed E-state index contributed by atoms with van der Waals surface area (Å²) in [5.41, 5.74) is 0.873. The number of benzene rings is 1. The zero-order valence-corrected chi connectivity index (χ0v) is 13.8. The lowest BCUT2D eigenvalue weighted by molar-refractivity contribution is -0.134. The molecule has 7 heteroatoms. The number of amides is 1. The van der Waals surface area contributed by atoms with E-state index in [9.17, 15) is 13.6 Å². The van der Waals surface area contributed by atoms with Crippen molar-refractivity contribution in [1.29, 1.82) is 0 Å². The molecule has 0 aliphatic carbocycles. The van der Waals surface area contributed by atoms with Crippen molar-refractivity contribution in [1.82, 2.24) is 10.2 Å². The topological polar surface area (TPSA) is 32.3 Å². The Bertz CT molecular complexity index is 444. The summed E-state index contributed by atoms with van der Waals surface area (Å²) in [5.74, 6) is 1.69. The predicted molar refractivity (Wildman–Crippen MR) is 88.8 cm³/mol. The van der Waals surface area contributed by atoms with E-state index in [0.29, 0.717) is 0 Å². The third kappa shape index (κ3) is 6.50. The summed E-state index contributed by atoms with van der Waals surface area (Å²) in [7, 11) is 0. The summed E-state index contributed by atoms with van der Waals surface area (Å²) < 4.78 is 25.4. The maximum absolute atomic E-state index is 12.7. The molecule has 0 bridgehead atoms. The zero-order chi connectivity index (χ0) is 15.1. The fourth-order valence-electron chi connectivity index (χ4n) is 2.32. The third-order valence-electron chi connectivity index (χ3n) is 3.35. The smallest absolute Gasteiger partial charge is 0.255 e. The van der Waals surface area contributed by atoms with Gasteiger partial charge in [0.2, 0.25) is 5.91 Å². The van der Waals surface area contributed by atoms with Crippen molar-refractivity contribution < 1.29 is 13.6 Å². The largest absolute Gasteiger partial charge is 0.333 e. The fraction of sp³-hybridized carbons (Fsp3) is 0.533. The molecule has 1 N–H and O–H groups in total. The molecule has 1 unspecified atom stereocenters. The van der Waals surface area contributed by atoms with Crippen LogP contribution in [0.15, 0.2) is 30.3 Å². The molecule has 1 aromatic rings. The van der Waals surface area contributed by atoms with Gasteiger partial charge < -0.3 is 10.2 Å².